The molecule has 88 valence electrons. The largest absolute Gasteiger partial charge is 0.466 e. The van der Waals surface area contributed by atoms with Crippen LogP contribution in [-0.4, -0.2) is 16.4 Å². The predicted molar refractivity (Wildman–Crippen MR) is 62.3 cm³/mol. The van der Waals surface area contributed by atoms with Crippen LogP contribution < -0.4 is 0 Å². The molecule has 0 unspecified atom stereocenters. The first kappa shape index (κ1) is 13.4. The quantitative estimate of drug-likeness (QED) is 0.580. The van der Waals surface area contributed by atoms with Crippen LogP contribution in [0.3, 0.4) is 0 Å². The Balaban J connectivity index is 2.59. The van der Waals surface area contributed by atoms with E-state index in [4.69, 9.17) is 39.5 Å². The van der Waals surface area contributed by atoms with Crippen molar-refractivity contribution >= 4 is 40.8 Å². The Kier molecular flexibility index (Phi) is 3.85. The summed E-state index contributed by atoms with van der Waals surface area (Å²) in [7, 11) is 0. The normalized spacial score (nSPS) is 28.7. The van der Waals surface area contributed by atoms with Gasteiger partial charge in [-0.25, -0.2) is 0 Å². The lowest BCUT2D eigenvalue weighted by Gasteiger charge is -2.10. The van der Waals surface area contributed by atoms with E-state index < -0.39 is 3.79 Å². The van der Waals surface area contributed by atoms with Gasteiger partial charge in [0.15, 0.2) is 3.79 Å². The third-order valence-corrected chi connectivity index (χ3v) is 3.51. The number of halogens is 3. The van der Waals surface area contributed by atoms with E-state index in [1.807, 2.05) is 13.8 Å². The molecule has 0 aromatic carbocycles. The minimum Gasteiger partial charge on any atom is -0.466 e. The monoisotopic (exact) mass is 272 g/mol. The Bertz CT molecular complexity index is 258. The molecule has 0 heterocycles. The molecular formula is C10H15Cl3O2. The second-order valence-corrected chi connectivity index (χ2v) is 6.99. The highest BCUT2D eigenvalue weighted by Gasteiger charge is 2.63. The molecule has 0 radical (unpaired) electrons. The van der Waals surface area contributed by atoms with Crippen molar-refractivity contribution in [1.29, 1.82) is 0 Å². The highest BCUT2D eigenvalue weighted by molar-refractivity contribution is 6.67. The zero-order valence-electron chi connectivity index (χ0n) is 9.02. The Hall–Kier alpha value is 0.340. The molecule has 2 atom stereocenters. The number of rotatable bonds is 3. The molecule has 1 aliphatic carbocycles. The predicted octanol–water partition coefficient (Wildman–Crippen LogP) is 3.58. The Labute approximate surface area is 105 Å². The Morgan fingerprint density at radius 3 is 2.33 bits per heavy atom. The summed E-state index contributed by atoms with van der Waals surface area (Å²) in [4.78, 5) is 11.6. The topological polar surface area (TPSA) is 26.3 Å². The fourth-order valence-electron chi connectivity index (χ4n) is 2.07. The molecule has 0 aliphatic heterocycles. The van der Waals surface area contributed by atoms with Crippen LogP contribution >= 0.6 is 34.8 Å². The summed E-state index contributed by atoms with van der Waals surface area (Å²) < 4.78 is 3.69. The van der Waals surface area contributed by atoms with Crippen LogP contribution in [0.15, 0.2) is 0 Å². The van der Waals surface area contributed by atoms with Crippen LogP contribution in [0.4, 0.5) is 0 Å². The molecule has 1 aliphatic rings. The average Bonchev–Trinajstić information content (AvgIpc) is 2.50. The van der Waals surface area contributed by atoms with Gasteiger partial charge in [0, 0.05) is 0 Å². The molecule has 15 heavy (non-hydrogen) atoms. The number of esters is 1. The summed E-state index contributed by atoms with van der Waals surface area (Å²) in [6.07, 6.45) is 0.397. The third kappa shape index (κ3) is 3.15. The second-order valence-electron chi connectivity index (χ2n) is 4.48. The minimum absolute atomic E-state index is 0.101. The van der Waals surface area contributed by atoms with E-state index in [2.05, 4.69) is 0 Å². The van der Waals surface area contributed by atoms with Gasteiger partial charge in [-0.3, -0.25) is 4.79 Å². The van der Waals surface area contributed by atoms with E-state index in [1.54, 1.807) is 6.92 Å². The van der Waals surface area contributed by atoms with Crippen LogP contribution in [0.5, 0.6) is 0 Å². The van der Waals surface area contributed by atoms with E-state index in [1.165, 1.54) is 0 Å². The highest BCUT2D eigenvalue weighted by Crippen LogP contribution is 2.63. The lowest BCUT2D eigenvalue weighted by Crippen LogP contribution is -2.11. The zero-order valence-corrected chi connectivity index (χ0v) is 11.3. The number of carbonyl (C=O) groups is 1. The van der Waals surface area contributed by atoms with Crippen LogP contribution in [0.2, 0.25) is 0 Å². The molecule has 0 N–H and O–H groups in total. The van der Waals surface area contributed by atoms with Crippen LogP contribution in [0.25, 0.3) is 0 Å². The number of alkyl halides is 3. The number of ether oxygens (including phenoxy) is 1. The summed E-state index contributed by atoms with van der Waals surface area (Å²) >= 11 is 17.2. The van der Waals surface area contributed by atoms with Gasteiger partial charge in [-0.05, 0) is 24.7 Å². The summed E-state index contributed by atoms with van der Waals surface area (Å²) in [6, 6.07) is 0. The van der Waals surface area contributed by atoms with Gasteiger partial charge in [-0.1, -0.05) is 48.7 Å². The van der Waals surface area contributed by atoms with E-state index in [0.29, 0.717) is 13.0 Å². The van der Waals surface area contributed by atoms with Crippen molar-refractivity contribution in [3.63, 3.8) is 0 Å². The molecule has 1 saturated carbocycles. The van der Waals surface area contributed by atoms with Crippen molar-refractivity contribution < 1.29 is 9.53 Å². The summed E-state index contributed by atoms with van der Waals surface area (Å²) in [6.45, 7) is 6.18. The van der Waals surface area contributed by atoms with E-state index in [9.17, 15) is 4.79 Å². The van der Waals surface area contributed by atoms with Gasteiger partial charge >= 0.3 is 5.97 Å². The van der Waals surface area contributed by atoms with Crippen LogP contribution in [0, 0.1) is 17.3 Å². The number of hydrogen-bond donors (Lipinski definition) is 0. The maximum absolute atomic E-state index is 11.6. The van der Waals surface area contributed by atoms with Crippen molar-refractivity contribution in [2.75, 3.05) is 6.61 Å². The average molecular weight is 274 g/mol. The van der Waals surface area contributed by atoms with Crippen molar-refractivity contribution in [2.45, 2.75) is 31.0 Å². The van der Waals surface area contributed by atoms with Gasteiger partial charge in [0.1, 0.15) is 0 Å². The molecule has 0 saturated heterocycles. The molecule has 0 amide bonds. The SMILES string of the molecule is CCOC(=O)[C@H]1[C@H](CC(Cl)(Cl)Cl)C1(C)C. The van der Waals surface area contributed by atoms with Crippen LogP contribution in [0.1, 0.15) is 27.2 Å². The molecule has 0 aromatic rings. The van der Waals surface area contributed by atoms with Crippen molar-refractivity contribution in [3.8, 4) is 0 Å². The molecule has 0 bridgehead atoms. The standard InChI is InChI=1S/C10H15Cl3O2/c1-4-15-8(14)7-6(9(7,2)3)5-10(11,12)13/h6-7H,4-5H2,1-3H3/t6-,7+/m0/s1. The number of carbonyl (C=O) groups excluding carboxylic acids is 1. The van der Waals surface area contributed by atoms with E-state index in [0.717, 1.165) is 0 Å². The summed E-state index contributed by atoms with van der Waals surface area (Å²) in [5.74, 6) is -0.209. The molecule has 0 spiro atoms. The molecular weight excluding hydrogens is 258 g/mol. The summed E-state index contributed by atoms with van der Waals surface area (Å²) in [5.41, 5.74) is -0.115. The third-order valence-electron chi connectivity index (χ3n) is 3.04. The fourth-order valence-corrected chi connectivity index (χ4v) is 2.57. The highest BCUT2D eigenvalue weighted by atomic mass is 35.6. The van der Waals surface area contributed by atoms with Crippen molar-refractivity contribution in [1.82, 2.24) is 0 Å². The van der Waals surface area contributed by atoms with E-state index >= 15 is 0 Å². The first-order valence-corrected chi connectivity index (χ1v) is 6.07. The smallest absolute Gasteiger partial charge is 0.309 e. The van der Waals surface area contributed by atoms with Crippen molar-refractivity contribution in [3.05, 3.63) is 0 Å². The Morgan fingerprint density at radius 1 is 1.40 bits per heavy atom. The van der Waals surface area contributed by atoms with Crippen molar-refractivity contribution in [2.24, 2.45) is 17.3 Å². The van der Waals surface area contributed by atoms with Crippen LogP contribution in [-0.2, 0) is 9.53 Å². The first-order chi connectivity index (χ1) is 6.70. The molecule has 1 rings (SSSR count). The van der Waals surface area contributed by atoms with Gasteiger partial charge in [-0.2, -0.15) is 0 Å². The zero-order chi connectivity index (χ0) is 11.9. The van der Waals surface area contributed by atoms with Gasteiger partial charge in [0.25, 0.3) is 0 Å². The summed E-state index contributed by atoms with van der Waals surface area (Å²) in [5, 5.41) is 0. The molecule has 1 fully saturated rings. The maximum atomic E-state index is 11.6. The van der Waals surface area contributed by atoms with Gasteiger partial charge < -0.3 is 4.74 Å². The van der Waals surface area contributed by atoms with Gasteiger partial charge in [0.05, 0.1) is 12.5 Å². The molecule has 5 heteroatoms. The lowest BCUT2D eigenvalue weighted by molar-refractivity contribution is -0.145. The van der Waals surface area contributed by atoms with E-state index in [-0.39, 0.29) is 23.2 Å². The molecule has 2 nitrogen and oxygen atoms in total. The number of hydrogen-bond acceptors (Lipinski definition) is 2. The first-order valence-electron chi connectivity index (χ1n) is 4.93. The maximum Gasteiger partial charge on any atom is 0.309 e. The lowest BCUT2D eigenvalue weighted by atomic mass is 10.1. The minimum atomic E-state index is -1.29. The van der Waals surface area contributed by atoms with Gasteiger partial charge in [-0.15, -0.1) is 0 Å². The second kappa shape index (κ2) is 4.31. The fraction of sp³-hybridized carbons (Fsp3) is 0.900. The Morgan fingerprint density at radius 2 is 1.93 bits per heavy atom. The molecule has 0 aromatic heterocycles. The van der Waals surface area contributed by atoms with Gasteiger partial charge in [0.2, 0.25) is 0 Å².